The first-order valence-corrected chi connectivity index (χ1v) is 46.7. The average Bonchev–Trinajstić information content (AvgIpc) is 0.827. The second-order valence-electron chi connectivity index (χ2n) is 31.1. The third kappa shape index (κ3) is 62.3. The predicted octanol–water partition coefficient (Wildman–Crippen LogP) is 20.8. The van der Waals surface area contributed by atoms with Crippen molar-refractivity contribution < 1.29 is 124 Å². The molecular weight excluding hydrogens is 1710 g/mol. The number of rotatable bonds is 65. The molecule has 0 heterocycles. The van der Waals surface area contributed by atoms with Crippen molar-refractivity contribution >= 4 is 77.6 Å². The molecule has 0 radical (unpaired) electrons. The number of hydrogen-bond acceptors (Lipinski definition) is 26. The van der Waals surface area contributed by atoms with Crippen molar-refractivity contribution in [3.63, 3.8) is 0 Å². The van der Waals surface area contributed by atoms with Crippen LogP contribution in [0.2, 0.25) is 0 Å². The molecule has 134 heavy (non-hydrogen) atoms. The standard InChI is InChI=1S/C42H68O4.C18H24O6.C15H22O4.C14H14O4.C10H14O4.C9H12O4/c1-5-9-11-13-17-23-29-39-37(27-21-12-10-6-2)33-34-38(28-22-16-14-19-25-31-41(43)45-35-7-3)40(39)30-24-18-15-20-26-32-42(44)46-36-8-4;1-4-9-22-16(19)13-7-8-14(17(20)23-10-5-2)15(12-13)18(21)24-11-6-3;1-4-9-18-14(16)12-8-6-7-11(3)13(12)15(17)19-10-5-2;1-3-9-17-13(15)11-5-7-12(8-6-11)14(16)18-10-4-2;1-3-7-13-9(11)5-6-10(12)14-8-4-2;1-3-5-12-8(10)7-9(11)13-6-4-2/h7-8,17,23,33-34H,3-6,9-16,18-22,24-32,35-36H2,1-2H3;4-6,13-15H,1-3,7-12H2;4-5,11-13H,1-2,6-10H2,3H3;3-8H,1-2,9-10H2;3-4H,1-2,5-8H2;3-4H,1-2,5-7H2/b23-17-;;;;;. The van der Waals surface area contributed by atoms with Crippen LogP contribution in [0.15, 0.2) is 213 Å². The average molecular weight is 1870 g/mol. The lowest BCUT2D eigenvalue weighted by Crippen LogP contribution is -2.39. The normalized spacial score (nSPS) is 14.6. The minimum atomic E-state index is -0.739. The van der Waals surface area contributed by atoms with E-state index in [-0.39, 0.29) is 128 Å². The van der Waals surface area contributed by atoms with E-state index in [4.69, 9.17) is 42.6 Å². The molecule has 2 aliphatic carbocycles. The fraction of sp³-hybridized carbons (Fsp3) is 0.509. The van der Waals surface area contributed by atoms with Crippen LogP contribution in [0.3, 0.4) is 0 Å². The highest BCUT2D eigenvalue weighted by Crippen LogP contribution is 2.38. The highest BCUT2D eigenvalue weighted by Gasteiger charge is 2.44. The van der Waals surface area contributed by atoms with Crippen molar-refractivity contribution in [2.24, 2.45) is 35.5 Å². The molecule has 0 N–H and O–H groups in total. The zero-order valence-electron chi connectivity index (χ0n) is 80.4. The fourth-order valence-electron chi connectivity index (χ4n) is 13.7. The molecule has 6 atom stereocenters. The van der Waals surface area contributed by atoms with E-state index < -0.39 is 83.3 Å². The number of aryl methyl sites for hydroxylation is 2. The summed E-state index contributed by atoms with van der Waals surface area (Å²) >= 11 is 0. The molecule has 2 saturated carbocycles. The Labute approximate surface area is 797 Å². The van der Waals surface area contributed by atoms with Crippen LogP contribution in [0, 0.1) is 35.5 Å². The molecule has 0 amide bonds. The van der Waals surface area contributed by atoms with Crippen LogP contribution in [0.1, 0.15) is 250 Å². The second-order valence-corrected chi connectivity index (χ2v) is 31.1. The Morgan fingerprint density at radius 3 is 1.04 bits per heavy atom. The van der Waals surface area contributed by atoms with E-state index in [1.54, 1.807) is 34.4 Å². The van der Waals surface area contributed by atoms with Crippen molar-refractivity contribution in [3.8, 4) is 0 Å². The molecular formula is C108H154O26. The van der Waals surface area contributed by atoms with Crippen LogP contribution in [-0.4, -0.2) is 163 Å². The number of benzene rings is 2. The lowest BCUT2D eigenvalue weighted by atomic mass is 9.73. The van der Waals surface area contributed by atoms with E-state index in [1.807, 2.05) is 6.92 Å². The van der Waals surface area contributed by atoms with Crippen LogP contribution in [0.5, 0.6) is 0 Å². The molecule has 0 saturated heterocycles. The molecule has 742 valence electrons. The zero-order valence-corrected chi connectivity index (χ0v) is 80.4. The first-order valence-electron chi connectivity index (χ1n) is 46.7. The fourth-order valence-corrected chi connectivity index (χ4v) is 13.7. The maximum Gasteiger partial charge on any atom is 0.338 e. The van der Waals surface area contributed by atoms with Crippen molar-refractivity contribution in [3.05, 3.63) is 246 Å². The zero-order chi connectivity index (χ0) is 100. The second kappa shape index (κ2) is 85.1. The quantitative estimate of drug-likeness (QED) is 0.0195. The summed E-state index contributed by atoms with van der Waals surface area (Å²) in [5, 5.41) is 0. The molecule has 0 spiro atoms. The Hall–Kier alpha value is -12.1. The monoisotopic (exact) mass is 1870 g/mol. The summed E-state index contributed by atoms with van der Waals surface area (Å²) < 4.78 is 63.7. The van der Waals surface area contributed by atoms with Gasteiger partial charge in [0.05, 0.1) is 53.6 Å². The summed E-state index contributed by atoms with van der Waals surface area (Å²) in [6, 6.07) is 10.9. The van der Waals surface area contributed by atoms with Crippen LogP contribution in [0.25, 0.3) is 0 Å². The Bertz CT molecular complexity index is 3830. The van der Waals surface area contributed by atoms with Crippen LogP contribution in [-0.2, 0) is 140 Å². The smallest absolute Gasteiger partial charge is 0.338 e. The molecule has 26 heteroatoms. The summed E-state index contributed by atoms with van der Waals surface area (Å²) in [4.78, 5) is 150. The molecule has 2 aliphatic rings. The number of esters is 13. The van der Waals surface area contributed by atoms with Crippen LogP contribution >= 0.6 is 0 Å². The van der Waals surface area contributed by atoms with Crippen molar-refractivity contribution in [2.75, 3.05) is 85.9 Å². The Kier molecular flexibility index (Phi) is 78.7. The SMILES string of the molecule is C=CCOC(=O)C1CCC(C(=O)OCC=C)C(C(=O)OCC=C)C1.C=CCOC(=O)C1CCCC(C)C1C(=O)OCC=C.C=CCOC(=O)CC(=O)OCC=C.C=CCOC(=O)CCC(=O)OCC=C.C=CCOC(=O)CCCCCCCc1ccc(CCCCCC)c(C/C=C\CCCCC)c1CCCCCCCC(=O)OCC=C.C=CCOC(=O)c1ccc(C(=O)OCC=C)cc1. The third-order valence-corrected chi connectivity index (χ3v) is 20.3. The summed E-state index contributed by atoms with van der Waals surface area (Å²) in [6.45, 7) is 53.7. The summed E-state index contributed by atoms with van der Waals surface area (Å²) in [5.74, 6) is -7.79. The van der Waals surface area contributed by atoms with Gasteiger partial charge in [-0.2, -0.15) is 0 Å². The lowest BCUT2D eigenvalue weighted by molar-refractivity contribution is -0.165. The van der Waals surface area contributed by atoms with Gasteiger partial charge in [-0.15, -0.1) is 0 Å². The van der Waals surface area contributed by atoms with Gasteiger partial charge < -0.3 is 61.6 Å². The van der Waals surface area contributed by atoms with Crippen LogP contribution in [0.4, 0.5) is 0 Å². The van der Waals surface area contributed by atoms with E-state index in [0.717, 1.165) is 70.6 Å². The van der Waals surface area contributed by atoms with Gasteiger partial charge in [0, 0.05) is 12.8 Å². The van der Waals surface area contributed by atoms with Gasteiger partial charge in [-0.1, -0.05) is 287 Å². The van der Waals surface area contributed by atoms with Gasteiger partial charge in [-0.3, -0.25) is 52.7 Å². The minimum Gasteiger partial charge on any atom is -0.461 e. The van der Waals surface area contributed by atoms with Crippen molar-refractivity contribution in [2.45, 2.75) is 233 Å². The van der Waals surface area contributed by atoms with E-state index >= 15 is 0 Å². The maximum atomic E-state index is 12.3. The number of allylic oxidation sites excluding steroid dienone is 2. The largest absolute Gasteiger partial charge is 0.461 e. The molecule has 6 unspecified atom stereocenters. The number of hydrogen-bond donors (Lipinski definition) is 0. The molecule has 2 aromatic carbocycles. The van der Waals surface area contributed by atoms with Gasteiger partial charge in [0.25, 0.3) is 0 Å². The van der Waals surface area contributed by atoms with E-state index in [0.29, 0.717) is 56.4 Å². The van der Waals surface area contributed by atoms with Crippen LogP contribution < -0.4 is 0 Å². The molecule has 0 bridgehead atoms. The number of ether oxygens (including phenoxy) is 13. The van der Waals surface area contributed by atoms with Gasteiger partial charge >= 0.3 is 77.6 Å². The van der Waals surface area contributed by atoms with Crippen molar-refractivity contribution in [1.82, 2.24) is 0 Å². The summed E-state index contributed by atoms with van der Waals surface area (Å²) in [7, 11) is 0. The lowest BCUT2D eigenvalue weighted by Gasteiger charge is -2.33. The highest BCUT2D eigenvalue weighted by atomic mass is 16.6. The Morgan fingerprint density at radius 1 is 0.299 bits per heavy atom. The first-order chi connectivity index (χ1) is 64.8. The third-order valence-electron chi connectivity index (χ3n) is 20.3. The molecule has 2 aromatic rings. The minimum absolute atomic E-state index is 0.0316. The van der Waals surface area contributed by atoms with E-state index in [2.05, 4.69) is 143 Å². The van der Waals surface area contributed by atoms with Crippen molar-refractivity contribution in [1.29, 1.82) is 0 Å². The number of carbonyl (C=O) groups is 13. The molecule has 0 aliphatic heterocycles. The number of carbonyl (C=O) groups excluding carboxylic acids is 13. The first kappa shape index (κ1) is 124. The van der Waals surface area contributed by atoms with Gasteiger partial charge in [0.2, 0.25) is 0 Å². The van der Waals surface area contributed by atoms with Gasteiger partial charge in [0.15, 0.2) is 0 Å². The topological polar surface area (TPSA) is 342 Å². The highest BCUT2D eigenvalue weighted by molar-refractivity contribution is 5.94. The summed E-state index contributed by atoms with van der Waals surface area (Å²) in [6.07, 6.45) is 54.3. The maximum absolute atomic E-state index is 12.3. The van der Waals surface area contributed by atoms with Gasteiger partial charge in [-0.25, -0.2) is 9.59 Å². The summed E-state index contributed by atoms with van der Waals surface area (Å²) in [5.41, 5.74) is 7.07. The van der Waals surface area contributed by atoms with Gasteiger partial charge in [-0.05, 0) is 155 Å². The molecule has 4 rings (SSSR count). The molecule has 26 nitrogen and oxygen atoms in total. The molecule has 2 fully saturated rings. The Balaban J connectivity index is 0. The molecule has 0 aromatic heterocycles. The van der Waals surface area contributed by atoms with Gasteiger partial charge in [0.1, 0.15) is 92.3 Å². The number of unbranched alkanes of at least 4 members (excludes halogenated alkanes) is 14. The van der Waals surface area contributed by atoms with E-state index in [9.17, 15) is 62.3 Å². The van der Waals surface area contributed by atoms with E-state index in [1.165, 1.54) is 175 Å². The predicted molar refractivity (Wildman–Crippen MR) is 522 cm³/mol. The Morgan fingerprint density at radius 2 is 0.627 bits per heavy atom.